The van der Waals surface area contributed by atoms with E-state index in [4.69, 9.17) is 4.74 Å². The van der Waals surface area contributed by atoms with Crippen molar-refractivity contribution < 1.29 is 22.7 Å². The summed E-state index contributed by atoms with van der Waals surface area (Å²) in [4.78, 5) is 12.2. The molecule has 24 heavy (non-hydrogen) atoms. The van der Waals surface area contributed by atoms with Crippen LogP contribution in [0.2, 0.25) is 0 Å². The molecule has 0 aliphatic rings. The number of alkyl halides is 3. The lowest BCUT2D eigenvalue weighted by atomic mass is 10.0. The Labute approximate surface area is 136 Å². The Balaban J connectivity index is 2.27. The van der Waals surface area contributed by atoms with Crippen LogP contribution in [0.3, 0.4) is 0 Å². The van der Waals surface area contributed by atoms with Gasteiger partial charge in [0.1, 0.15) is 5.69 Å². The number of methoxy groups -OCH3 is 1. The van der Waals surface area contributed by atoms with Crippen LogP contribution in [0.4, 0.5) is 13.2 Å². The van der Waals surface area contributed by atoms with E-state index < -0.39 is 17.7 Å². The first kappa shape index (κ1) is 16.1. The van der Waals surface area contributed by atoms with Gasteiger partial charge >= 0.3 is 12.1 Å². The van der Waals surface area contributed by atoms with Crippen LogP contribution in [-0.4, -0.2) is 17.6 Å². The second kappa shape index (κ2) is 5.70. The van der Waals surface area contributed by atoms with Crippen molar-refractivity contribution in [3.05, 3.63) is 59.8 Å². The molecule has 3 aromatic rings. The molecule has 0 bridgehead atoms. The molecule has 6 heteroatoms. The largest absolute Gasteiger partial charge is 0.464 e. The third-order valence-electron chi connectivity index (χ3n) is 3.99. The highest BCUT2D eigenvalue weighted by Crippen LogP contribution is 2.36. The van der Waals surface area contributed by atoms with Gasteiger partial charge in [-0.3, -0.25) is 0 Å². The van der Waals surface area contributed by atoms with Crippen LogP contribution in [0.5, 0.6) is 0 Å². The maximum atomic E-state index is 12.8. The number of esters is 1. The molecule has 0 aliphatic heterocycles. The minimum Gasteiger partial charge on any atom is -0.464 e. The van der Waals surface area contributed by atoms with Crippen molar-refractivity contribution in [2.24, 2.45) is 7.05 Å². The molecule has 0 atom stereocenters. The van der Waals surface area contributed by atoms with E-state index in [9.17, 15) is 18.0 Å². The van der Waals surface area contributed by atoms with Crippen LogP contribution in [-0.2, 0) is 18.0 Å². The molecule has 0 saturated heterocycles. The molecule has 3 nitrogen and oxygen atoms in total. The third kappa shape index (κ3) is 2.54. The lowest BCUT2D eigenvalue weighted by Crippen LogP contribution is -2.09. The Morgan fingerprint density at radius 1 is 1.04 bits per heavy atom. The minimum atomic E-state index is -4.40. The van der Waals surface area contributed by atoms with Crippen molar-refractivity contribution in [3.8, 4) is 11.1 Å². The predicted molar refractivity (Wildman–Crippen MR) is 84.7 cm³/mol. The summed E-state index contributed by atoms with van der Waals surface area (Å²) in [6, 6.07) is 12.1. The van der Waals surface area contributed by atoms with E-state index in [0.29, 0.717) is 16.8 Å². The molecular formula is C18H14F3NO2. The third-order valence-corrected chi connectivity index (χ3v) is 3.99. The van der Waals surface area contributed by atoms with Crippen molar-refractivity contribution in [2.45, 2.75) is 6.18 Å². The standard InChI is InChI=1S/C18H14F3NO2/c1-22-14-6-4-3-5-13(14)15(16(22)17(23)24-2)11-7-9-12(10-8-11)18(19,20)21/h3-10H,1-2H3. The summed E-state index contributed by atoms with van der Waals surface area (Å²) in [6.07, 6.45) is -4.40. The lowest BCUT2D eigenvalue weighted by molar-refractivity contribution is -0.137. The highest BCUT2D eigenvalue weighted by atomic mass is 19.4. The van der Waals surface area contributed by atoms with Crippen molar-refractivity contribution in [1.29, 1.82) is 0 Å². The number of aryl methyl sites for hydroxylation is 1. The minimum absolute atomic E-state index is 0.304. The smallest absolute Gasteiger partial charge is 0.416 e. The highest BCUT2D eigenvalue weighted by molar-refractivity contribution is 6.08. The van der Waals surface area contributed by atoms with Gasteiger partial charge in [-0.05, 0) is 23.8 Å². The number of nitrogens with zero attached hydrogens (tertiary/aromatic N) is 1. The predicted octanol–water partition coefficient (Wildman–Crippen LogP) is 4.65. The molecule has 3 rings (SSSR count). The molecule has 124 valence electrons. The van der Waals surface area contributed by atoms with Crippen molar-refractivity contribution in [2.75, 3.05) is 7.11 Å². The lowest BCUT2D eigenvalue weighted by Gasteiger charge is -2.09. The van der Waals surface area contributed by atoms with Crippen LogP contribution < -0.4 is 0 Å². The average Bonchev–Trinajstić information content (AvgIpc) is 2.87. The molecule has 0 spiro atoms. The Bertz CT molecular complexity index is 908. The highest BCUT2D eigenvalue weighted by Gasteiger charge is 2.30. The normalized spacial score (nSPS) is 11.7. The number of carbonyl (C=O) groups is 1. The fourth-order valence-electron chi connectivity index (χ4n) is 2.85. The van der Waals surface area contributed by atoms with Crippen LogP contribution in [0, 0.1) is 0 Å². The van der Waals surface area contributed by atoms with Crippen LogP contribution >= 0.6 is 0 Å². The molecule has 0 radical (unpaired) electrons. The van der Waals surface area contributed by atoms with E-state index in [1.54, 1.807) is 11.6 Å². The number of fused-ring (bicyclic) bond motifs is 1. The zero-order chi connectivity index (χ0) is 17.5. The number of hydrogen-bond acceptors (Lipinski definition) is 2. The van der Waals surface area contributed by atoms with E-state index in [0.717, 1.165) is 23.0 Å². The summed E-state index contributed by atoms with van der Waals surface area (Å²) in [7, 11) is 3.00. The number of para-hydroxylation sites is 1. The van der Waals surface area contributed by atoms with Gasteiger partial charge in [-0.25, -0.2) is 4.79 Å². The molecule has 0 saturated carbocycles. The molecule has 2 aromatic carbocycles. The number of halogens is 3. The van der Waals surface area contributed by atoms with Crippen molar-refractivity contribution >= 4 is 16.9 Å². The quantitative estimate of drug-likeness (QED) is 0.639. The molecule has 0 unspecified atom stereocenters. The van der Waals surface area contributed by atoms with E-state index in [-0.39, 0.29) is 0 Å². The second-order valence-corrected chi connectivity index (χ2v) is 5.37. The van der Waals surface area contributed by atoms with Gasteiger partial charge in [0.2, 0.25) is 0 Å². The van der Waals surface area contributed by atoms with Crippen LogP contribution in [0.15, 0.2) is 48.5 Å². The molecule has 0 fully saturated rings. The zero-order valence-electron chi connectivity index (χ0n) is 13.0. The summed E-state index contributed by atoms with van der Waals surface area (Å²) < 4.78 is 44.8. The summed E-state index contributed by atoms with van der Waals surface area (Å²) >= 11 is 0. The number of carbonyl (C=O) groups excluding carboxylic acids is 1. The Hall–Kier alpha value is -2.76. The zero-order valence-corrected chi connectivity index (χ0v) is 13.0. The second-order valence-electron chi connectivity index (χ2n) is 5.37. The topological polar surface area (TPSA) is 31.2 Å². The molecule has 0 amide bonds. The number of rotatable bonds is 2. The van der Waals surface area contributed by atoms with Gasteiger partial charge in [0.25, 0.3) is 0 Å². The van der Waals surface area contributed by atoms with Gasteiger partial charge in [0.05, 0.1) is 12.7 Å². The Kier molecular flexibility index (Phi) is 3.83. The summed E-state index contributed by atoms with van der Waals surface area (Å²) in [5, 5.41) is 0.778. The van der Waals surface area contributed by atoms with Gasteiger partial charge in [0, 0.05) is 23.5 Å². The van der Waals surface area contributed by atoms with Gasteiger partial charge in [0.15, 0.2) is 0 Å². The van der Waals surface area contributed by atoms with E-state index in [2.05, 4.69) is 0 Å². The fourth-order valence-corrected chi connectivity index (χ4v) is 2.85. The Morgan fingerprint density at radius 2 is 1.67 bits per heavy atom. The maximum absolute atomic E-state index is 12.8. The van der Waals surface area contributed by atoms with Gasteiger partial charge < -0.3 is 9.30 Å². The number of ether oxygens (including phenoxy) is 1. The Morgan fingerprint density at radius 3 is 2.25 bits per heavy atom. The first-order chi connectivity index (χ1) is 11.3. The summed E-state index contributed by atoms with van der Waals surface area (Å²) in [6.45, 7) is 0. The molecule has 1 aromatic heterocycles. The van der Waals surface area contributed by atoms with Crippen LogP contribution in [0.1, 0.15) is 16.1 Å². The first-order valence-electron chi connectivity index (χ1n) is 7.18. The van der Waals surface area contributed by atoms with Crippen LogP contribution in [0.25, 0.3) is 22.0 Å². The fraction of sp³-hybridized carbons (Fsp3) is 0.167. The monoisotopic (exact) mass is 333 g/mol. The molecular weight excluding hydrogens is 319 g/mol. The number of aromatic nitrogens is 1. The molecule has 0 N–H and O–H groups in total. The van der Waals surface area contributed by atoms with Gasteiger partial charge in [-0.2, -0.15) is 13.2 Å². The number of benzene rings is 2. The van der Waals surface area contributed by atoms with E-state index in [1.165, 1.54) is 19.2 Å². The number of hydrogen-bond donors (Lipinski definition) is 0. The first-order valence-corrected chi connectivity index (χ1v) is 7.18. The molecule has 0 aliphatic carbocycles. The average molecular weight is 333 g/mol. The van der Waals surface area contributed by atoms with Gasteiger partial charge in [-0.15, -0.1) is 0 Å². The molecule has 1 heterocycles. The van der Waals surface area contributed by atoms with E-state index >= 15 is 0 Å². The van der Waals surface area contributed by atoms with Crippen molar-refractivity contribution in [3.63, 3.8) is 0 Å². The van der Waals surface area contributed by atoms with Crippen molar-refractivity contribution in [1.82, 2.24) is 4.57 Å². The van der Waals surface area contributed by atoms with E-state index in [1.807, 2.05) is 24.3 Å². The van der Waals surface area contributed by atoms with Gasteiger partial charge in [-0.1, -0.05) is 30.3 Å². The summed E-state index contributed by atoms with van der Waals surface area (Å²) in [5.41, 5.74) is 1.46. The summed E-state index contributed by atoms with van der Waals surface area (Å²) in [5.74, 6) is -0.538. The maximum Gasteiger partial charge on any atom is 0.416 e. The SMILES string of the molecule is COC(=O)c1c(-c2ccc(C(F)(F)F)cc2)c2ccccc2n1C.